The van der Waals surface area contributed by atoms with Crippen molar-refractivity contribution in [3.8, 4) is 0 Å². The smallest absolute Gasteiger partial charge is 0.300 e. The van der Waals surface area contributed by atoms with Crippen molar-refractivity contribution in [1.29, 1.82) is 0 Å². The van der Waals surface area contributed by atoms with Gasteiger partial charge in [-0.1, -0.05) is 18.2 Å². The van der Waals surface area contributed by atoms with Gasteiger partial charge in [-0.15, -0.1) is 0 Å². The summed E-state index contributed by atoms with van der Waals surface area (Å²) in [6, 6.07) is 13.9. The number of aliphatic hydroxyl groups excluding tert-OH is 1. The summed E-state index contributed by atoms with van der Waals surface area (Å²) < 4.78 is 13.7. The monoisotopic (exact) mass is 402 g/mol. The second-order valence-electron chi connectivity index (χ2n) is 7.26. The third-order valence-corrected chi connectivity index (χ3v) is 5.16. The molecule has 30 heavy (non-hydrogen) atoms. The number of ketones is 1. The van der Waals surface area contributed by atoms with Gasteiger partial charge in [-0.3, -0.25) is 19.5 Å². The predicted octanol–water partition coefficient (Wildman–Crippen LogP) is 4.46. The fourth-order valence-electron chi connectivity index (χ4n) is 3.68. The van der Waals surface area contributed by atoms with E-state index in [-0.39, 0.29) is 16.9 Å². The fourth-order valence-corrected chi connectivity index (χ4v) is 3.68. The molecule has 4 rings (SSSR count). The Morgan fingerprint density at radius 3 is 2.53 bits per heavy atom. The molecule has 1 aliphatic rings. The van der Waals surface area contributed by atoms with Crippen LogP contribution in [0.5, 0.6) is 0 Å². The van der Waals surface area contributed by atoms with Gasteiger partial charge >= 0.3 is 0 Å². The molecule has 3 aromatic rings. The number of rotatable bonds is 3. The van der Waals surface area contributed by atoms with Crippen LogP contribution >= 0.6 is 0 Å². The molecule has 1 atom stereocenters. The quantitative estimate of drug-likeness (QED) is 0.399. The van der Waals surface area contributed by atoms with E-state index in [4.69, 9.17) is 0 Å². The number of aliphatic hydroxyl groups is 1. The zero-order valence-electron chi connectivity index (χ0n) is 16.5. The molecule has 1 aliphatic heterocycles. The molecular weight excluding hydrogens is 383 g/mol. The molecule has 0 bridgehead atoms. The summed E-state index contributed by atoms with van der Waals surface area (Å²) in [6.45, 7) is 3.45. The Hall–Kier alpha value is -3.80. The lowest BCUT2D eigenvalue weighted by Crippen LogP contribution is -2.29. The van der Waals surface area contributed by atoms with Gasteiger partial charge in [-0.2, -0.15) is 0 Å². The molecular formula is C24H19FN2O3. The highest BCUT2D eigenvalue weighted by atomic mass is 19.1. The number of carbonyl (C=O) groups is 2. The topological polar surface area (TPSA) is 70.5 Å². The molecule has 0 aliphatic carbocycles. The standard InChI is InChI=1S/C24H19FN2O3/c1-14-5-3-7-18(11-14)27-21(17-6-4-10-26-13-17)20(23(29)24(27)30)22(28)16-8-9-19(25)15(2)12-16/h3-13,21,28H,1-2H3/b22-20-. The van der Waals surface area contributed by atoms with Crippen LogP contribution in [0.2, 0.25) is 0 Å². The summed E-state index contributed by atoms with van der Waals surface area (Å²) in [5.41, 5.74) is 2.59. The maximum Gasteiger partial charge on any atom is 0.300 e. The first-order valence-electron chi connectivity index (χ1n) is 9.42. The van der Waals surface area contributed by atoms with Crippen LogP contribution in [0.4, 0.5) is 10.1 Å². The molecule has 1 aromatic heterocycles. The summed E-state index contributed by atoms with van der Waals surface area (Å²) in [6.07, 6.45) is 3.15. The number of aryl methyl sites for hydroxylation is 2. The van der Waals surface area contributed by atoms with E-state index >= 15 is 0 Å². The van der Waals surface area contributed by atoms with Crippen LogP contribution in [0.1, 0.15) is 28.3 Å². The number of nitrogens with zero attached hydrogens (tertiary/aromatic N) is 2. The second kappa shape index (κ2) is 7.55. The Morgan fingerprint density at radius 2 is 1.87 bits per heavy atom. The molecule has 6 heteroatoms. The number of carbonyl (C=O) groups excluding carboxylic acids is 2. The van der Waals surface area contributed by atoms with E-state index in [0.717, 1.165) is 5.56 Å². The zero-order chi connectivity index (χ0) is 21.4. The number of benzene rings is 2. The maximum atomic E-state index is 13.7. The molecule has 1 fully saturated rings. The summed E-state index contributed by atoms with van der Waals surface area (Å²) in [7, 11) is 0. The van der Waals surface area contributed by atoms with Crippen molar-refractivity contribution < 1.29 is 19.1 Å². The lowest BCUT2D eigenvalue weighted by molar-refractivity contribution is -0.132. The molecule has 1 unspecified atom stereocenters. The zero-order valence-corrected chi connectivity index (χ0v) is 16.5. The van der Waals surface area contributed by atoms with E-state index in [0.29, 0.717) is 16.8 Å². The first-order chi connectivity index (χ1) is 14.4. The van der Waals surface area contributed by atoms with Crippen molar-refractivity contribution in [2.45, 2.75) is 19.9 Å². The van der Waals surface area contributed by atoms with Gasteiger partial charge < -0.3 is 5.11 Å². The van der Waals surface area contributed by atoms with E-state index in [2.05, 4.69) is 4.98 Å². The van der Waals surface area contributed by atoms with E-state index in [9.17, 15) is 19.1 Å². The van der Waals surface area contributed by atoms with Crippen LogP contribution < -0.4 is 4.90 Å². The van der Waals surface area contributed by atoms with Gasteiger partial charge in [0.05, 0.1) is 11.6 Å². The lowest BCUT2D eigenvalue weighted by Gasteiger charge is -2.25. The predicted molar refractivity (Wildman–Crippen MR) is 111 cm³/mol. The summed E-state index contributed by atoms with van der Waals surface area (Å²) in [5, 5.41) is 11.0. The maximum absolute atomic E-state index is 13.7. The van der Waals surface area contributed by atoms with Crippen molar-refractivity contribution in [2.24, 2.45) is 0 Å². The van der Waals surface area contributed by atoms with Crippen molar-refractivity contribution in [2.75, 3.05) is 4.90 Å². The van der Waals surface area contributed by atoms with Crippen LogP contribution in [-0.4, -0.2) is 21.8 Å². The molecule has 1 N–H and O–H groups in total. The first-order valence-corrected chi connectivity index (χ1v) is 9.42. The summed E-state index contributed by atoms with van der Waals surface area (Å²) in [5.74, 6) is -2.31. The minimum atomic E-state index is -0.856. The van der Waals surface area contributed by atoms with Crippen molar-refractivity contribution in [3.05, 3.63) is 101 Å². The number of amides is 1. The van der Waals surface area contributed by atoms with Gasteiger partial charge in [0.25, 0.3) is 11.7 Å². The highest BCUT2D eigenvalue weighted by molar-refractivity contribution is 6.51. The van der Waals surface area contributed by atoms with Crippen LogP contribution in [-0.2, 0) is 9.59 Å². The molecule has 2 aromatic carbocycles. The number of halogens is 1. The highest BCUT2D eigenvalue weighted by Crippen LogP contribution is 2.42. The van der Waals surface area contributed by atoms with Gasteiger partial charge in [0.2, 0.25) is 0 Å². The van der Waals surface area contributed by atoms with Gasteiger partial charge in [-0.25, -0.2) is 4.39 Å². The number of hydrogen-bond acceptors (Lipinski definition) is 4. The molecule has 5 nitrogen and oxygen atoms in total. The minimum Gasteiger partial charge on any atom is -0.507 e. The first kappa shape index (κ1) is 19.5. The average Bonchev–Trinajstić information content (AvgIpc) is 3.01. The Balaban J connectivity index is 1.95. The normalized spacial score (nSPS) is 18.1. The molecule has 150 valence electrons. The van der Waals surface area contributed by atoms with Gasteiger partial charge in [0.15, 0.2) is 0 Å². The van der Waals surface area contributed by atoms with Crippen LogP contribution in [0.25, 0.3) is 5.76 Å². The molecule has 0 radical (unpaired) electrons. The van der Waals surface area contributed by atoms with Gasteiger partial charge in [0.1, 0.15) is 11.6 Å². The lowest BCUT2D eigenvalue weighted by atomic mass is 9.95. The highest BCUT2D eigenvalue weighted by Gasteiger charge is 2.47. The minimum absolute atomic E-state index is 0.0551. The summed E-state index contributed by atoms with van der Waals surface area (Å²) >= 11 is 0. The Morgan fingerprint density at radius 1 is 1.07 bits per heavy atom. The number of Topliss-reactive ketones (excluding diaryl/α,β-unsaturated/α-hetero) is 1. The van der Waals surface area contributed by atoms with Crippen LogP contribution in [0, 0.1) is 19.7 Å². The Labute approximate surface area is 173 Å². The Kier molecular flexibility index (Phi) is 4.91. The number of anilines is 1. The molecule has 0 spiro atoms. The molecule has 1 saturated heterocycles. The van der Waals surface area contributed by atoms with Crippen molar-refractivity contribution >= 4 is 23.1 Å². The Bertz CT molecular complexity index is 1190. The van der Waals surface area contributed by atoms with Crippen molar-refractivity contribution in [3.63, 3.8) is 0 Å². The largest absolute Gasteiger partial charge is 0.507 e. The van der Waals surface area contributed by atoms with Crippen LogP contribution in [0.3, 0.4) is 0 Å². The fraction of sp³-hybridized carbons (Fsp3) is 0.125. The molecule has 2 heterocycles. The van der Waals surface area contributed by atoms with E-state index < -0.39 is 23.5 Å². The van der Waals surface area contributed by atoms with Gasteiger partial charge in [-0.05, 0) is 66.9 Å². The average molecular weight is 402 g/mol. The van der Waals surface area contributed by atoms with Gasteiger partial charge in [0, 0.05) is 23.6 Å². The van der Waals surface area contributed by atoms with Crippen molar-refractivity contribution in [1.82, 2.24) is 4.98 Å². The third-order valence-electron chi connectivity index (χ3n) is 5.16. The number of aromatic nitrogens is 1. The van der Waals surface area contributed by atoms with E-state index in [1.165, 1.54) is 23.1 Å². The SMILES string of the molecule is Cc1cccc(N2C(=O)C(=O)/C(=C(\O)c3ccc(F)c(C)c3)C2c2cccnc2)c1. The van der Waals surface area contributed by atoms with E-state index in [1.807, 2.05) is 13.0 Å². The molecule has 0 saturated carbocycles. The van der Waals surface area contributed by atoms with E-state index in [1.54, 1.807) is 49.6 Å². The molecule has 1 amide bonds. The number of hydrogen-bond donors (Lipinski definition) is 1. The second-order valence-corrected chi connectivity index (χ2v) is 7.26. The number of pyridine rings is 1. The van der Waals surface area contributed by atoms with Crippen LogP contribution in [0.15, 0.2) is 72.6 Å². The third kappa shape index (κ3) is 3.26. The summed E-state index contributed by atoms with van der Waals surface area (Å²) in [4.78, 5) is 31.5.